The van der Waals surface area contributed by atoms with Gasteiger partial charge in [0.15, 0.2) is 4.80 Å². The summed E-state index contributed by atoms with van der Waals surface area (Å²) in [5.74, 6) is -1.59. The number of amides is 1. The highest BCUT2D eigenvalue weighted by Crippen LogP contribution is 2.20. The van der Waals surface area contributed by atoms with Gasteiger partial charge in [0.05, 0.1) is 27.8 Å². The molecule has 0 fully saturated rings. The Morgan fingerprint density at radius 1 is 1.03 bits per heavy atom. The maximum Gasteiger partial charge on any atom is 0.337 e. The molecule has 11 heteroatoms. The molecule has 8 nitrogen and oxygen atoms in total. The minimum atomic E-state index is -3.97. The Bertz CT molecular complexity index is 1590. The minimum Gasteiger partial charge on any atom is -0.465 e. The van der Waals surface area contributed by atoms with Gasteiger partial charge in [-0.2, -0.15) is 4.99 Å². The highest BCUT2D eigenvalue weighted by Gasteiger charge is 2.16. The van der Waals surface area contributed by atoms with Gasteiger partial charge < -0.3 is 9.30 Å². The van der Waals surface area contributed by atoms with Crippen molar-refractivity contribution < 1.29 is 27.1 Å². The molecule has 0 aliphatic carbocycles. The first kappa shape index (κ1) is 23.3. The van der Waals surface area contributed by atoms with Crippen LogP contribution in [-0.2, 0) is 21.8 Å². The lowest BCUT2D eigenvalue weighted by Gasteiger charge is -2.08. The van der Waals surface area contributed by atoms with Gasteiger partial charge in [0.1, 0.15) is 5.82 Å². The molecule has 0 spiro atoms. The number of halogens is 1. The number of hydrogen-bond acceptors (Lipinski definition) is 6. The zero-order valence-electron chi connectivity index (χ0n) is 18.0. The highest BCUT2D eigenvalue weighted by molar-refractivity contribution is 7.92. The molecule has 1 heterocycles. The van der Waals surface area contributed by atoms with Crippen LogP contribution in [0.15, 0.2) is 76.6 Å². The fourth-order valence-corrected chi connectivity index (χ4v) is 5.29. The Kier molecular flexibility index (Phi) is 6.31. The molecule has 4 aromatic rings. The molecule has 0 aliphatic rings. The van der Waals surface area contributed by atoms with Crippen LogP contribution in [0, 0.1) is 5.82 Å². The Labute approximate surface area is 198 Å². The summed E-state index contributed by atoms with van der Waals surface area (Å²) in [7, 11) is -0.921. The van der Waals surface area contributed by atoms with Crippen LogP contribution in [0.1, 0.15) is 20.7 Å². The lowest BCUT2D eigenvalue weighted by atomic mass is 10.2. The Morgan fingerprint density at radius 3 is 2.47 bits per heavy atom. The number of methoxy groups -OCH3 is 1. The second-order valence-electron chi connectivity index (χ2n) is 7.17. The van der Waals surface area contributed by atoms with E-state index < -0.39 is 27.7 Å². The van der Waals surface area contributed by atoms with Crippen molar-refractivity contribution in [1.29, 1.82) is 0 Å². The van der Waals surface area contributed by atoms with Gasteiger partial charge in [0, 0.05) is 18.3 Å². The quantitative estimate of drug-likeness (QED) is 0.422. The predicted molar refractivity (Wildman–Crippen MR) is 126 cm³/mol. The molecule has 0 saturated heterocycles. The molecule has 34 heavy (non-hydrogen) atoms. The minimum absolute atomic E-state index is 0.112. The largest absolute Gasteiger partial charge is 0.465 e. The molecule has 1 aromatic heterocycles. The molecule has 0 saturated carbocycles. The van der Waals surface area contributed by atoms with E-state index in [4.69, 9.17) is 4.74 Å². The number of nitrogens with one attached hydrogen (secondary N) is 1. The highest BCUT2D eigenvalue weighted by atomic mass is 32.2. The van der Waals surface area contributed by atoms with Crippen LogP contribution in [-0.4, -0.2) is 32.0 Å². The number of thiazole rings is 1. The average Bonchev–Trinajstić information content (AvgIpc) is 3.13. The molecule has 0 unspecified atom stereocenters. The van der Waals surface area contributed by atoms with E-state index in [0.717, 1.165) is 34.5 Å². The molecular formula is C23H18FN3O5S2. The second kappa shape index (κ2) is 9.20. The zero-order chi connectivity index (χ0) is 24.5. The van der Waals surface area contributed by atoms with Crippen LogP contribution >= 0.6 is 11.3 Å². The number of anilines is 1. The number of hydrogen-bond donors (Lipinski definition) is 1. The van der Waals surface area contributed by atoms with Crippen molar-refractivity contribution in [1.82, 2.24) is 4.57 Å². The van der Waals surface area contributed by atoms with Crippen LogP contribution < -0.4 is 9.52 Å². The second-order valence-corrected chi connectivity index (χ2v) is 9.87. The van der Waals surface area contributed by atoms with Gasteiger partial charge >= 0.3 is 5.97 Å². The van der Waals surface area contributed by atoms with Crippen molar-refractivity contribution in [2.45, 2.75) is 4.90 Å². The van der Waals surface area contributed by atoms with Crippen molar-refractivity contribution in [3.05, 3.63) is 88.5 Å². The summed E-state index contributed by atoms with van der Waals surface area (Å²) >= 11 is 1.23. The van der Waals surface area contributed by atoms with Gasteiger partial charge in [-0.05, 0) is 60.7 Å². The lowest BCUT2D eigenvalue weighted by Crippen LogP contribution is -2.14. The number of fused-ring (bicyclic) bond motifs is 1. The van der Waals surface area contributed by atoms with Crippen molar-refractivity contribution in [3.8, 4) is 0 Å². The summed E-state index contributed by atoms with van der Waals surface area (Å²) in [6.07, 6.45) is 0. The number of esters is 1. The van der Waals surface area contributed by atoms with Crippen LogP contribution in [0.25, 0.3) is 10.2 Å². The van der Waals surface area contributed by atoms with E-state index in [0.29, 0.717) is 10.4 Å². The number of benzene rings is 3. The molecule has 1 amide bonds. The molecule has 4 rings (SSSR count). The number of carbonyl (C=O) groups is 2. The van der Waals surface area contributed by atoms with Gasteiger partial charge in [-0.25, -0.2) is 17.6 Å². The van der Waals surface area contributed by atoms with Crippen LogP contribution in [0.5, 0.6) is 0 Å². The maximum atomic E-state index is 13.1. The van der Waals surface area contributed by atoms with Crippen LogP contribution in [0.2, 0.25) is 0 Å². The fourth-order valence-electron chi connectivity index (χ4n) is 3.18. The molecule has 1 N–H and O–H groups in total. The number of nitrogens with zero attached hydrogens (tertiary/aromatic N) is 2. The van der Waals surface area contributed by atoms with E-state index in [-0.39, 0.29) is 16.1 Å². The summed E-state index contributed by atoms with van der Waals surface area (Å²) in [5.41, 5.74) is 1.50. The number of aromatic nitrogens is 1. The van der Waals surface area contributed by atoms with Crippen molar-refractivity contribution in [3.63, 3.8) is 0 Å². The molecule has 0 atom stereocenters. The van der Waals surface area contributed by atoms with E-state index in [1.807, 2.05) is 0 Å². The molecule has 0 bridgehead atoms. The monoisotopic (exact) mass is 499 g/mol. The average molecular weight is 500 g/mol. The van der Waals surface area contributed by atoms with Gasteiger partial charge in [-0.15, -0.1) is 0 Å². The van der Waals surface area contributed by atoms with E-state index >= 15 is 0 Å². The zero-order valence-corrected chi connectivity index (χ0v) is 19.6. The summed E-state index contributed by atoms with van der Waals surface area (Å²) in [4.78, 5) is 29.1. The summed E-state index contributed by atoms with van der Waals surface area (Å²) in [6, 6.07) is 15.3. The molecule has 0 aliphatic heterocycles. The third kappa shape index (κ3) is 4.75. The first-order chi connectivity index (χ1) is 16.2. The molecule has 174 valence electrons. The normalized spacial score (nSPS) is 12.0. The van der Waals surface area contributed by atoms with E-state index in [2.05, 4.69) is 9.71 Å². The number of carbonyl (C=O) groups excluding carboxylic acids is 2. The Hall–Kier alpha value is -3.83. The molecular weight excluding hydrogens is 481 g/mol. The first-order valence-corrected chi connectivity index (χ1v) is 12.1. The van der Waals surface area contributed by atoms with Crippen molar-refractivity contribution in [2.75, 3.05) is 11.8 Å². The van der Waals surface area contributed by atoms with E-state index in [9.17, 15) is 22.4 Å². The number of ether oxygens (including phenoxy) is 1. The number of aryl methyl sites for hydroxylation is 1. The van der Waals surface area contributed by atoms with Gasteiger partial charge in [-0.1, -0.05) is 17.4 Å². The fraction of sp³-hybridized carbons (Fsp3) is 0.0870. The topological polar surface area (TPSA) is 107 Å². The smallest absolute Gasteiger partial charge is 0.337 e. The summed E-state index contributed by atoms with van der Waals surface area (Å²) in [5, 5.41) is 0. The third-order valence-corrected chi connectivity index (χ3v) is 7.41. The van der Waals surface area contributed by atoms with Gasteiger partial charge in [-0.3, -0.25) is 9.52 Å². The third-order valence-electron chi connectivity index (χ3n) is 4.91. The molecule has 3 aromatic carbocycles. The van der Waals surface area contributed by atoms with Crippen molar-refractivity contribution in [2.24, 2.45) is 12.0 Å². The van der Waals surface area contributed by atoms with Gasteiger partial charge in [0.2, 0.25) is 0 Å². The summed E-state index contributed by atoms with van der Waals surface area (Å²) in [6.45, 7) is 0. The molecule has 0 radical (unpaired) electrons. The number of rotatable bonds is 5. The van der Waals surface area contributed by atoms with E-state index in [1.165, 1.54) is 42.7 Å². The Morgan fingerprint density at radius 2 is 1.76 bits per heavy atom. The number of sulfonamides is 1. The lowest BCUT2D eigenvalue weighted by molar-refractivity contribution is 0.0600. The standard InChI is InChI=1S/C23H18FN3O5S2/c1-27-19-11-6-15(22(29)32-2)13-20(19)33-23(27)25-21(28)14-4-3-5-17(12-14)26-34(30,31)18-9-7-16(24)8-10-18/h3-13,26H,1-2H3. The SMILES string of the molecule is COC(=O)c1ccc2c(c1)sc(=NC(=O)c1cccc(NS(=O)(=O)c3ccc(F)cc3)c1)n2C. The first-order valence-electron chi connectivity index (χ1n) is 9.83. The van der Waals surface area contributed by atoms with E-state index in [1.54, 1.807) is 29.8 Å². The predicted octanol–water partition coefficient (Wildman–Crippen LogP) is 3.71. The van der Waals surface area contributed by atoms with Crippen LogP contribution in [0.4, 0.5) is 10.1 Å². The maximum absolute atomic E-state index is 13.1. The van der Waals surface area contributed by atoms with Crippen LogP contribution in [0.3, 0.4) is 0 Å². The summed E-state index contributed by atoms with van der Waals surface area (Å²) < 4.78 is 47.8. The Balaban J connectivity index is 1.63. The van der Waals surface area contributed by atoms with Gasteiger partial charge in [0.25, 0.3) is 15.9 Å². The van der Waals surface area contributed by atoms with Crippen molar-refractivity contribution >= 4 is 49.1 Å².